The van der Waals surface area contributed by atoms with E-state index in [-0.39, 0.29) is 10.0 Å². The number of benzene rings is 3. The summed E-state index contributed by atoms with van der Waals surface area (Å²) in [4.78, 5) is 23.6. The molecule has 0 radical (unpaired) electrons. The van der Waals surface area contributed by atoms with Gasteiger partial charge in [0.25, 0.3) is 6.47 Å². The summed E-state index contributed by atoms with van der Waals surface area (Å²) in [7, 11) is 1.57. The molecule has 12 heteroatoms. The summed E-state index contributed by atoms with van der Waals surface area (Å²) in [5, 5.41) is 15.5. The van der Waals surface area contributed by atoms with E-state index < -0.39 is 20.1 Å². The van der Waals surface area contributed by atoms with Gasteiger partial charge >= 0.3 is 141 Å². The number of anilines is 3. The Bertz CT molecular complexity index is 1330. The number of para-hydroxylation sites is 1. The number of fused-ring (bicyclic) bond motifs is 1. The minimum atomic E-state index is -5.11. The molecule has 0 spiro atoms. The second kappa shape index (κ2) is 15.3. The molecule has 1 amide bonds. The minimum Gasteiger partial charge on any atom is -0.361 e. The van der Waals surface area contributed by atoms with Crippen LogP contribution in [0.4, 0.5) is 17.1 Å². The number of nitrogens with one attached hydrogen (secondary N) is 3. The average Bonchev–Trinajstić information content (AvgIpc) is 3.39. The number of aromatic amines is 1. The molecule has 4 aromatic rings. The summed E-state index contributed by atoms with van der Waals surface area (Å²) in [5.74, 6) is 0.282. The topological polar surface area (TPSA) is 159 Å². The number of carbonyl (C=O) groups excluding carboxylic acids is 2. The number of ether oxygens (including phenoxy) is 2. The third-order valence-corrected chi connectivity index (χ3v) is 7.36. The molecule has 38 heavy (non-hydrogen) atoms. The number of aromatic nitrogens is 1. The van der Waals surface area contributed by atoms with Crippen LogP contribution in [0.3, 0.4) is 0 Å². The molecule has 0 saturated carbocycles. The second-order valence-corrected chi connectivity index (χ2v) is 11.0. The molecule has 1 aromatic heterocycles. The largest absolute Gasteiger partial charge is 0.361 e. The SMILES string of the molecule is CCOC=O.COc1ccc(Nc2ccc([As](=O)(O)OO)c(NC(C)=O)c2)cc1.c1ccc2[nH]ccc2c1. The molecule has 0 bridgehead atoms. The third kappa shape index (κ3) is 9.45. The van der Waals surface area contributed by atoms with Gasteiger partial charge < -0.3 is 9.72 Å². The Balaban J connectivity index is 0.000000293. The van der Waals surface area contributed by atoms with Gasteiger partial charge in [-0.3, -0.25) is 4.79 Å². The number of H-pyrrole nitrogens is 1. The van der Waals surface area contributed by atoms with Crippen molar-refractivity contribution in [1.29, 1.82) is 0 Å². The van der Waals surface area contributed by atoms with Crippen LogP contribution in [0.1, 0.15) is 13.8 Å². The van der Waals surface area contributed by atoms with Crippen molar-refractivity contribution < 1.29 is 36.0 Å². The quantitative estimate of drug-likeness (QED) is 0.0895. The first-order valence-corrected chi connectivity index (χ1v) is 14.6. The standard InChI is InChI=1S/C15H17AsN2O6.C8H7N.C3H6O2/c1-10(19)17-15-9-12(5-8-14(15)16(20,21)24-22)18-11-3-6-13(23-2)7-4-11;1-2-4-8-7(3-1)5-6-9-8;1-2-5-3-4/h3-9,18,22H,1-2H3,(H,17,19)(H,20,21);1-6,9H;3H,2H2,1H3. The molecule has 3 aromatic carbocycles. The van der Waals surface area contributed by atoms with Crippen molar-refractivity contribution in [2.75, 3.05) is 24.4 Å². The molecular formula is C26H30AsN3O8. The van der Waals surface area contributed by atoms with Crippen molar-refractivity contribution in [3.63, 3.8) is 0 Å². The van der Waals surface area contributed by atoms with E-state index in [0.29, 0.717) is 24.5 Å². The van der Waals surface area contributed by atoms with E-state index in [9.17, 15) is 17.4 Å². The molecule has 0 aliphatic heterocycles. The Hall–Kier alpha value is -4.02. The van der Waals surface area contributed by atoms with Crippen molar-refractivity contribution >= 4 is 58.9 Å². The zero-order valence-electron chi connectivity index (χ0n) is 21.1. The van der Waals surface area contributed by atoms with Crippen LogP contribution in [-0.4, -0.2) is 54.6 Å². The number of amides is 1. The maximum absolute atomic E-state index is 11.9. The molecule has 1 atom stereocenters. The summed E-state index contributed by atoms with van der Waals surface area (Å²) in [6.07, 6.45) is 1.95. The van der Waals surface area contributed by atoms with Crippen molar-refractivity contribution in [3.8, 4) is 5.75 Å². The predicted octanol–water partition coefficient (Wildman–Crippen LogP) is 3.80. The predicted molar refractivity (Wildman–Crippen MR) is 145 cm³/mol. The third-order valence-electron chi connectivity index (χ3n) is 4.80. The fourth-order valence-electron chi connectivity index (χ4n) is 3.10. The number of carbonyl (C=O) groups is 2. The van der Waals surface area contributed by atoms with Crippen molar-refractivity contribution in [1.82, 2.24) is 4.98 Å². The number of rotatable bonds is 8. The van der Waals surface area contributed by atoms with Crippen LogP contribution in [0.15, 0.2) is 79.0 Å². The van der Waals surface area contributed by atoms with Gasteiger partial charge in [-0.2, -0.15) is 0 Å². The minimum absolute atomic E-state index is 0.0834. The Morgan fingerprint density at radius 3 is 2.29 bits per heavy atom. The molecular weight excluding hydrogens is 557 g/mol. The van der Waals surface area contributed by atoms with Crippen LogP contribution in [0.5, 0.6) is 5.75 Å². The van der Waals surface area contributed by atoms with Gasteiger partial charge in [-0.05, 0) is 24.4 Å². The van der Waals surface area contributed by atoms with Gasteiger partial charge in [0.1, 0.15) is 0 Å². The number of hydrogen-bond acceptors (Lipinski definition) is 8. The molecule has 11 nitrogen and oxygen atoms in total. The fraction of sp³-hybridized carbons (Fsp3) is 0.154. The smallest absolute Gasteiger partial charge is 0.0453 e. The van der Waals surface area contributed by atoms with Gasteiger partial charge in [0, 0.05) is 11.7 Å². The first-order valence-electron chi connectivity index (χ1n) is 11.3. The molecule has 1 unspecified atom stereocenters. The Kier molecular flexibility index (Phi) is 12.1. The van der Waals surface area contributed by atoms with Crippen molar-refractivity contribution in [2.24, 2.45) is 0 Å². The molecule has 0 saturated heterocycles. The van der Waals surface area contributed by atoms with Crippen LogP contribution >= 0.6 is 0 Å². The number of hydrogen-bond donors (Lipinski definition) is 5. The first-order chi connectivity index (χ1) is 18.2. The van der Waals surface area contributed by atoms with Crippen LogP contribution < -0.4 is 19.7 Å². The van der Waals surface area contributed by atoms with E-state index in [4.69, 9.17) is 9.99 Å². The van der Waals surface area contributed by atoms with Crippen LogP contribution in [0.2, 0.25) is 0 Å². The fourth-order valence-corrected chi connectivity index (χ4v) is 4.73. The van der Waals surface area contributed by atoms with Crippen LogP contribution in [0.25, 0.3) is 10.9 Å². The molecule has 1 heterocycles. The van der Waals surface area contributed by atoms with E-state index in [1.54, 1.807) is 38.3 Å². The summed E-state index contributed by atoms with van der Waals surface area (Å²) in [5.41, 5.74) is 2.62. The molecule has 202 valence electrons. The van der Waals surface area contributed by atoms with Crippen molar-refractivity contribution in [2.45, 2.75) is 13.8 Å². The summed E-state index contributed by atoms with van der Waals surface area (Å²) in [6, 6.07) is 21.7. The molecule has 0 aliphatic carbocycles. The molecule has 0 fully saturated rings. The van der Waals surface area contributed by atoms with E-state index in [1.165, 1.54) is 36.0 Å². The van der Waals surface area contributed by atoms with Gasteiger partial charge in [-0.1, -0.05) is 18.2 Å². The average molecular weight is 587 g/mol. The van der Waals surface area contributed by atoms with Gasteiger partial charge in [-0.15, -0.1) is 0 Å². The summed E-state index contributed by atoms with van der Waals surface area (Å²) in [6.45, 7) is 3.93. The van der Waals surface area contributed by atoms with Gasteiger partial charge in [0.05, 0.1) is 6.61 Å². The summed E-state index contributed by atoms with van der Waals surface area (Å²) >= 11 is -5.11. The van der Waals surface area contributed by atoms with E-state index in [0.717, 1.165) is 5.69 Å². The van der Waals surface area contributed by atoms with E-state index >= 15 is 0 Å². The van der Waals surface area contributed by atoms with Gasteiger partial charge in [0.15, 0.2) is 0 Å². The monoisotopic (exact) mass is 587 g/mol. The maximum atomic E-state index is 11.9. The molecule has 4 rings (SSSR count). The molecule has 5 N–H and O–H groups in total. The van der Waals surface area contributed by atoms with Gasteiger partial charge in [-0.25, -0.2) is 0 Å². The summed E-state index contributed by atoms with van der Waals surface area (Å²) < 4.78 is 34.4. The number of methoxy groups -OCH3 is 1. The van der Waals surface area contributed by atoms with E-state index in [2.05, 4.69) is 42.4 Å². The molecule has 0 aliphatic rings. The van der Waals surface area contributed by atoms with Crippen LogP contribution in [0, 0.1) is 0 Å². The van der Waals surface area contributed by atoms with Crippen LogP contribution in [-0.2, 0) is 21.9 Å². The van der Waals surface area contributed by atoms with E-state index in [1.807, 2.05) is 18.3 Å². The first kappa shape index (κ1) is 30.2. The zero-order valence-corrected chi connectivity index (χ0v) is 23.0. The normalized spacial score (nSPS) is 11.5. The second-order valence-electron chi connectivity index (χ2n) is 7.49. The Morgan fingerprint density at radius 1 is 1.05 bits per heavy atom. The maximum Gasteiger partial charge on any atom is 0.0453 e. The van der Waals surface area contributed by atoms with Gasteiger partial charge in [0.2, 0.25) is 0 Å². The Morgan fingerprint density at radius 2 is 1.74 bits per heavy atom. The zero-order chi connectivity index (χ0) is 28.0. The van der Waals surface area contributed by atoms with Crippen molar-refractivity contribution in [3.05, 3.63) is 79.0 Å². The Labute approximate surface area is 222 Å².